The van der Waals surface area contributed by atoms with Gasteiger partial charge in [-0.1, -0.05) is 41.9 Å². The summed E-state index contributed by atoms with van der Waals surface area (Å²) < 4.78 is 38.5. The first kappa shape index (κ1) is 24.1. The van der Waals surface area contributed by atoms with E-state index in [1.807, 2.05) is 49.3 Å². The van der Waals surface area contributed by atoms with Crippen molar-refractivity contribution in [3.05, 3.63) is 64.7 Å². The van der Waals surface area contributed by atoms with Crippen LogP contribution in [0.2, 0.25) is 5.02 Å². The highest BCUT2D eigenvalue weighted by Crippen LogP contribution is 2.29. The predicted octanol–water partition coefficient (Wildman–Crippen LogP) is 4.09. The van der Waals surface area contributed by atoms with Crippen LogP contribution >= 0.6 is 11.6 Å². The standard InChI is InChI=1S/C23H28ClFN4O3S/c1-27(2)19-10-11-29(15-19)33(25,31)26-18-8-9-20(21(24)14-18)23(30)28-12-13-32-22(16-28)17-6-4-3-5-7-17/h3-9,14,19,22H,10-13,15-16H2,1-2H3/t19-,22-,33?/m1/s1. The van der Waals surface area contributed by atoms with Crippen LogP contribution in [-0.2, 0) is 15.0 Å². The Kier molecular flexibility index (Phi) is 7.35. The Morgan fingerprint density at radius 3 is 2.61 bits per heavy atom. The molecule has 2 fully saturated rings. The fraction of sp³-hybridized carbons (Fsp3) is 0.435. The number of amides is 1. The third-order valence-electron chi connectivity index (χ3n) is 6.10. The number of carbonyl (C=O) groups excluding carboxylic acids is 1. The van der Waals surface area contributed by atoms with Crippen molar-refractivity contribution in [3.63, 3.8) is 0 Å². The molecule has 7 nitrogen and oxygen atoms in total. The molecule has 0 N–H and O–H groups in total. The second-order valence-electron chi connectivity index (χ2n) is 8.50. The molecule has 0 aliphatic carbocycles. The Morgan fingerprint density at radius 1 is 1.18 bits per heavy atom. The number of rotatable bonds is 5. The second-order valence-corrected chi connectivity index (χ2v) is 10.5. The smallest absolute Gasteiger partial charge is 0.275 e. The highest BCUT2D eigenvalue weighted by atomic mass is 35.5. The van der Waals surface area contributed by atoms with Gasteiger partial charge in [0.2, 0.25) is 0 Å². The van der Waals surface area contributed by atoms with Crippen LogP contribution < -0.4 is 0 Å². The van der Waals surface area contributed by atoms with Gasteiger partial charge in [-0.3, -0.25) is 4.79 Å². The number of nitrogens with zero attached hydrogens (tertiary/aromatic N) is 4. The fourth-order valence-electron chi connectivity index (χ4n) is 4.13. The van der Waals surface area contributed by atoms with Crippen LogP contribution in [0.25, 0.3) is 0 Å². The zero-order chi connectivity index (χ0) is 23.6. The van der Waals surface area contributed by atoms with Gasteiger partial charge >= 0.3 is 0 Å². The topological polar surface area (TPSA) is 65.5 Å². The summed E-state index contributed by atoms with van der Waals surface area (Å²) in [4.78, 5) is 16.8. The molecule has 178 valence electrons. The molecule has 3 atom stereocenters. The van der Waals surface area contributed by atoms with Gasteiger partial charge in [0, 0.05) is 25.7 Å². The number of ether oxygens (including phenoxy) is 1. The molecule has 0 bridgehead atoms. The molecule has 2 aromatic carbocycles. The van der Waals surface area contributed by atoms with Crippen LogP contribution in [0.4, 0.5) is 9.57 Å². The quantitative estimate of drug-likeness (QED) is 0.587. The number of hydrogen-bond donors (Lipinski definition) is 0. The average Bonchev–Trinajstić information content (AvgIpc) is 3.31. The summed E-state index contributed by atoms with van der Waals surface area (Å²) in [7, 11) is -0.248. The van der Waals surface area contributed by atoms with Crippen LogP contribution in [0.15, 0.2) is 52.9 Å². The zero-order valence-electron chi connectivity index (χ0n) is 18.7. The maximum absolute atomic E-state index is 14.9. The summed E-state index contributed by atoms with van der Waals surface area (Å²) in [6.07, 6.45) is 0.515. The number of halogens is 2. The Bertz CT molecular complexity index is 1120. The Morgan fingerprint density at radius 2 is 1.94 bits per heavy atom. The first-order chi connectivity index (χ1) is 15.7. The van der Waals surface area contributed by atoms with E-state index in [9.17, 15) is 12.9 Å². The van der Waals surface area contributed by atoms with E-state index in [1.54, 1.807) is 4.90 Å². The van der Waals surface area contributed by atoms with E-state index in [-0.39, 0.29) is 28.8 Å². The molecule has 4 rings (SSSR count). The Balaban J connectivity index is 1.49. The molecule has 0 aromatic heterocycles. The monoisotopic (exact) mass is 494 g/mol. The minimum Gasteiger partial charge on any atom is -0.370 e. The van der Waals surface area contributed by atoms with Crippen molar-refractivity contribution >= 4 is 33.5 Å². The minimum atomic E-state index is -4.08. The SMILES string of the molecule is CN(C)[C@@H]1CCN(S(=O)(F)=Nc2ccc(C(=O)N3CCO[C@@H](c4ccccc4)C3)c(Cl)c2)C1. The predicted molar refractivity (Wildman–Crippen MR) is 127 cm³/mol. The summed E-state index contributed by atoms with van der Waals surface area (Å²) in [5.74, 6) is -0.231. The van der Waals surface area contributed by atoms with Gasteiger partial charge in [0.05, 0.1) is 29.4 Å². The summed E-state index contributed by atoms with van der Waals surface area (Å²) in [5, 5.41) is 0.145. The molecule has 2 aromatic rings. The lowest BCUT2D eigenvalue weighted by atomic mass is 10.1. The highest BCUT2D eigenvalue weighted by molar-refractivity contribution is 7.86. The van der Waals surface area contributed by atoms with Gasteiger partial charge in [-0.15, -0.1) is 3.89 Å². The van der Waals surface area contributed by atoms with Crippen molar-refractivity contribution in [1.82, 2.24) is 14.1 Å². The van der Waals surface area contributed by atoms with Gasteiger partial charge in [-0.2, -0.15) is 12.9 Å². The molecule has 1 unspecified atom stereocenters. The summed E-state index contributed by atoms with van der Waals surface area (Å²) in [6, 6.07) is 14.3. The molecular weight excluding hydrogens is 467 g/mol. The molecule has 1 amide bonds. The van der Waals surface area contributed by atoms with Gasteiger partial charge in [-0.05, 0) is 44.3 Å². The molecule has 2 aliphatic heterocycles. The maximum Gasteiger partial charge on any atom is 0.275 e. The van der Waals surface area contributed by atoms with Crippen LogP contribution in [0.1, 0.15) is 28.4 Å². The highest BCUT2D eigenvalue weighted by Gasteiger charge is 2.31. The van der Waals surface area contributed by atoms with Gasteiger partial charge in [0.15, 0.2) is 0 Å². The van der Waals surface area contributed by atoms with Crippen molar-refractivity contribution in [1.29, 1.82) is 0 Å². The van der Waals surface area contributed by atoms with Crippen molar-refractivity contribution in [2.24, 2.45) is 4.36 Å². The van der Waals surface area contributed by atoms with Gasteiger partial charge < -0.3 is 14.5 Å². The summed E-state index contributed by atoms with van der Waals surface area (Å²) in [5.41, 5.74) is 1.44. The molecule has 0 saturated carbocycles. The summed E-state index contributed by atoms with van der Waals surface area (Å²) >= 11 is 6.38. The van der Waals surface area contributed by atoms with E-state index in [1.165, 1.54) is 22.5 Å². The second kappa shape index (κ2) is 10.1. The van der Waals surface area contributed by atoms with Crippen molar-refractivity contribution in [2.75, 3.05) is 46.9 Å². The number of likely N-dealkylation sites (N-methyl/N-ethyl adjacent to an activating group) is 1. The minimum absolute atomic E-state index is 0.133. The molecule has 10 heteroatoms. The number of hydrogen-bond acceptors (Lipinski definition) is 5. The Labute approximate surface area is 199 Å². The number of benzene rings is 2. The fourth-order valence-corrected chi connectivity index (χ4v) is 5.56. The first-order valence-corrected chi connectivity index (χ1v) is 12.6. The third-order valence-corrected chi connectivity index (χ3v) is 7.82. The molecule has 0 radical (unpaired) electrons. The molecule has 2 saturated heterocycles. The lowest BCUT2D eigenvalue weighted by Gasteiger charge is -2.33. The summed E-state index contributed by atoms with van der Waals surface area (Å²) in [6.45, 7) is 1.99. The molecule has 2 aliphatic rings. The third kappa shape index (κ3) is 5.55. The van der Waals surface area contributed by atoms with Crippen LogP contribution in [-0.4, -0.2) is 77.1 Å². The lowest BCUT2D eigenvalue weighted by Crippen LogP contribution is -2.42. The number of carbonyl (C=O) groups is 1. The van der Waals surface area contributed by atoms with Crippen molar-refractivity contribution in [2.45, 2.75) is 18.6 Å². The average molecular weight is 495 g/mol. The van der Waals surface area contributed by atoms with Gasteiger partial charge in [-0.25, -0.2) is 0 Å². The van der Waals surface area contributed by atoms with Crippen molar-refractivity contribution < 1.29 is 17.6 Å². The molecule has 2 heterocycles. The van der Waals surface area contributed by atoms with E-state index in [0.29, 0.717) is 38.3 Å². The number of morpholine rings is 1. The molecule has 0 spiro atoms. The Hall–Kier alpha value is -2.04. The van der Waals surface area contributed by atoms with E-state index in [4.69, 9.17) is 16.3 Å². The van der Waals surface area contributed by atoms with Crippen LogP contribution in [0, 0.1) is 0 Å². The first-order valence-electron chi connectivity index (χ1n) is 10.9. The van der Waals surface area contributed by atoms with Crippen LogP contribution in [0.5, 0.6) is 0 Å². The zero-order valence-corrected chi connectivity index (χ0v) is 20.3. The largest absolute Gasteiger partial charge is 0.370 e. The molecule has 33 heavy (non-hydrogen) atoms. The van der Waals surface area contributed by atoms with E-state index in [0.717, 1.165) is 12.0 Å². The van der Waals surface area contributed by atoms with Crippen molar-refractivity contribution in [3.8, 4) is 0 Å². The normalized spacial score (nSPS) is 23.5. The maximum atomic E-state index is 14.9. The molecular formula is C23H28ClFN4O3S. The van der Waals surface area contributed by atoms with Crippen LogP contribution in [0.3, 0.4) is 0 Å². The van der Waals surface area contributed by atoms with Gasteiger partial charge in [0.1, 0.15) is 6.10 Å². The van der Waals surface area contributed by atoms with Gasteiger partial charge in [0.25, 0.3) is 16.2 Å². The van der Waals surface area contributed by atoms with E-state index < -0.39 is 10.3 Å². The lowest BCUT2D eigenvalue weighted by molar-refractivity contribution is -0.0228. The van der Waals surface area contributed by atoms with E-state index >= 15 is 0 Å². The van der Waals surface area contributed by atoms with E-state index in [2.05, 4.69) is 4.36 Å².